The van der Waals surface area contributed by atoms with Crippen LogP contribution in [0.3, 0.4) is 0 Å². The van der Waals surface area contributed by atoms with Gasteiger partial charge in [0.25, 0.3) is 11.8 Å². The molecule has 2 heterocycles. The normalized spacial score (nSPS) is 18.1. The Balaban J connectivity index is 1.59. The van der Waals surface area contributed by atoms with Crippen molar-refractivity contribution in [2.45, 2.75) is 19.0 Å². The lowest BCUT2D eigenvalue weighted by Crippen LogP contribution is -2.71. The van der Waals surface area contributed by atoms with E-state index in [9.17, 15) is 22.8 Å². The fraction of sp³-hybridized carbons (Fsp3) is 0.263. The topological polar surface area (TPSA) is 241 Å². The van der Waals surface area contributed by atoms with Gasteiger partial charge in [-0.3, -0.25) is 18.9 Å². The minimum absolute atomic E-state index is 0.0364. The van der Waals surface area contributed by atoms with Crippen LogP contribution in [0.15, 0.2) is 39.9 Å². The van der Waals surface area contributed by atoms with Crippen molar-refractivity contribution >= 4 is 56.5 Å². The summed E-state index contributed by atoms with van der Waals surface area (Å²) >= 11 is 1.04. The standard InChI is InChI=1S/C19H22N8O8S2/c1-10-14(18(30)27(10)37(31,32)33)24-17(29)15(13-8-36-19(21)23-13)26-35-7-6-34-12-4-2-11(3-5-12)16(20)25-22-9-28/h2-5,8-10,14H,6-7H2,1H3,(H2,20,25)(H2,21,23)(H,22,28)(H,24,29)(H,31,32,33)/b26-15-/t10-,14-/m0/s1. The van der Waals surface area contributed by atoms with Gasteiger partial charge in [0.15, 0.2) is 23.3 Å². The number of amides is 3. The lowest BCUT2D eigenvalue weighted by molar-refractivity contribution is -0.143. The predicted molar refractivity (Wildman–Crippen MR) is 131 cm³/mol. The first-order chi connectivity index (χ1) is 17.5. The van der Waals surface area contributed by atoms with Crippen LogP contribution in [0.2, 0.25) is 0 Å². The van der Waals surface area contributed by atoms with Crippen molar-refractivity contribution in [1.82, 2.24) is 20.0 Å². The van der Waals surface area contributed by atoms with Crippen molar-refractivity contribution in [1.29, 1.82) is 0 Å². The molecule has 37 heavy (non-hydrogen) atoms. The molecule has 3 rings (SSSR count). The first-order valence-electron chi connectivity index (χ1n) is 10.3. The molecule has 198 valence electrons. The Kier molecular flexibility index (Phi) is 8.58. The quantitative estimate of drug-likeness (QED) is 0.0381. The van der Waals surface area contributed by atoms with Crippen LogP contribution in [0.4, 0.5) is 5.13 Å². The number of nitrogens with zero attached hydrogens (tertiary/aromatic N) is 4. The van der Waals surface area contributed by atoms with Gasteiger partial charge in [0.1, 0.15) is 24.1 Å². The molecule has 2 aromatic rings. The number of ether oxygens (including phenoxy) is 1. The number of aromatic nitrogens is 1. The number of oxime groups is 1. The van der Waals surface area contributed by atoms with Crippen LogP contribution in [0, 0.1) is 0 Å². The molecule has 18 heteroatoms. The lowest BCUT2D eigenvalue weighted by atomic mass is 10.0. The number of nitrogens with one attached hydrogen (secondary N) is 2. The van der Waals surface area contributed by atoms with Gasteiger partial charge in [0.2, 0.25) is 6.41 Å². The van der Waals surface area contributed by atoms with Gasteiger partial charge in [-0.15, -0.1) is 11.3 Å². The van der Waals surface area contributed by atoms with Crippen molar-refractivity contribution in [3.05, 3.63) is 40.9 Å². The van der Waals surface area contributed by atoms with Gasteiger partial charge in [-0.2, -0.15) is 13.5 Å². The Morgan fingerprint density at radius 3 is 2.59 bits per heavy atom. The van der Waals surface area contributed by atoms with Crippen LogP contribution in [-0.4, -0.2) is 77.3 Å². The van der Waals surface area contributed by atoms with Crippen LogP contribution in [0.25, 0.3) is 0 Å². The summed E-state index contributed by atoms with van der Waals surface area (Å²) in [6.45, 7) is 1.29. The van der Waals surface area contributed by atoms with Gasteiger partial charge in [0, 0.05) is 10.9 Å². The van der Waals surface area contributed by atoms with Crippen molar-refractivity contribution in [2.24, 2.45) is 16.0 Å². The molecular weight excluding hydrogens is 532 g/mol. The van der Waals surface area contributed by atoms with E-state index in [0.717, 1.165) is 11.3 Å². The van der Waals surface area contributed by atoms with E-state index in [1.807, 2.05) is 0 Å². The first kappa shape index (κ1) is 27.3. The lowest BCUT2D eigenvalue weighted by Gasteiger charge is -2.42. The summed E-state index contributed by atoms with van der Waals surface area (Å²) in [5, 5.41) is 11.4. The van der Waals surface area contributed by atoms with Gasteiger partial charge < -0.3 is 26.4 Å². The predicted octanol–water partition coefficient (Wildman–Crippen LogP) is -1.59. The molecule has 0 saturated carbocycles. The largest absolute Gasteiger partial charge is 0.490 e. The highest BCUT2D eigenvalue weighted by molar-refractivity contribution is 7.84. The molecule has 0 unspecified atom stereocenters. The van der Waals surface area contributed by atoms with Crippen LogP contribution < -0.4 is 26.9 Å². The monoisotopic (exact) mass is 554 g/mol. The van der Waals surface area contributed by atoms with Gasteiger partial charge in [-0.25, -0.2) is 14.7 Å². The summed E-state index contributed by atoms with van der Waals surface area (Å²) in [6, 6.07) is 4.25. The number of nitrogens with two attached hydrogens (primary N) is 2. The third kappa shape index (κ3) is 6.68. The molecule has 2 atom stereocenters. The number of amidine groups is 1. The zero-order valence-electron chi connectivity index (χ0n) is 19.1. The second-order valence-electron chi connectivity index (χ2n) is 7.26. The highest BCUT2D eigenvalue weighted by atomic mass is 32.2. The molecule has 0 bridgehead atoms. The van der Waals surface area contributed by atoms with Crippen LogP contribution in [0.1, 0.15) is 18.2 Å². The van der Waals surface area contributed by atoms with E-state index in [1.54, 1.807) is 24.3 Å². The summed E-state index contributed by atoms with van der Waals surface area (Å²) in [5.41, 5.74) is 13.8. The molecule has 1 aliphatic heterocycles. The summed E-state index contributed by atoms with van der Waals surface area (Å²) in [4.78, 5) is 44.3. The molecule has 1 aromatic carbocycles. The van der Waals surface area contributed by atoms with Gasteiger partial charge in [-0.1, -0.05) is 5.16 Å². The molecule has 1 fully saturated rings. The zero-order valence-corrected chi connectivity index (χ0v) is 20.7. The van der Waals surface area contributed by atoms with Crippen molar-refractivity contribution < 1.29 is 36.9 Å². The summed E-state index contributed by atoms with van der Waals surface area (Å²) in [5.74, 6) is -1.30. The second kappa shape index (κ2) is 11.6. The minimum Gasteiger partial charge on any atom is -0.490 e. The first-order valence-corrected chi connectivity index (χ1v) is 12.6. The second-order valence-corrected chi connectivity index (χ2v) is 9.44. The van der Waals surface area contributed by atoms with Gasteiger partial charge >= 0.3 is 10.3 Å². The number of hydrazone groups is 1. The molecule has 0 aliphatic carbocycles. The molecule has 1 saturated heterocycles. The average molecular weight is 555 g/mol. The number of carbonyl (C=O) groups is 3. The molecule has 1 aliphatic rings. The molecule has 7 N–H and O–H groups in total. The Morgan fingerprint density at radius 2 is 2.03 bits per heavy atom. The molecule has 0 spiro atoms. The number of anilines is 1. The van der Waals surface area contributed by atoms with E-state index < -0.39 is 34.2 Å². The number of carbonyl (C=O) groups excluding carboxylic acids is 3. The van der Waals surface area contributed by atoms with Crippen LogP contribution in [0.5, 0.6) is 5.75 Å². The number of rotatable bonds is 12. The van der Waals surface area contributed by atoms with Crippen LogP contribution in [-0.2, 0) is 29.5 Å². The average Bonchev–Trinajstić information content (AvgIpc) is 3.28. The van der Waals surface area contributed by atoms with E-state index >= 15 is 0 Å². The third-order valence-electron chi connectivity index (χ3n) is 4.84. The van der Waals surface area contributed by atoms with Crippen molar-refractivity contribution in [3.8, 4) is 5.75 Å². The van der Waals surface area contributed by atoms with Crippen molar-refractivity contribution in [2.75, 3.05) is 18.9 Å². The number of nitrogen functional groups attached to an aromatic ring is 1. The SMILES string of the molecule is C[C@H]1[C@H](NC(=O)/C(=N\OCCOc2ccc(/C(N)=N/NC=O)cc2)c2csc(N)n2)C(=O)N1S(=O)(=O)O. The highest BCUT2D eigenvalue weighted by Gasteiger charge is 2.51. The summed E-state index contributed by atoms with van der Waals surface area (Å²) < 4.78 is 37.4. The molecule has 3 amide bonds. The smallest absolute Gasteiger partial charge is 0.362 e. The molecular formula is C19H22N8O8S2. The Morgan fingerprint density at radius 1 is 1.32 bits per heavy atom. The maximum Gasteiger partial charge on any atom is 0.362 e. The third-order valence-corrected chi connectivity index (χ3v) is 6.52. The fourth-order valence-electron chi connectivity index (χ4n) is 3.10. The zero-order chi connectivity index (χ0) is 27.2. The van der Waals surface area contributed by atoms with Gasteiger partial charge in [0.05, 0.1) is 6.04 Å². The highest BCUT2D eigenvalue weighted by Crippen LogP contribution is 2.23. The maximum absolute atomic E-state index is 12.8. The maximum atomic E-state index is 12.8. The van der Waals surface area contributed by atoms with E-state index in [2.05, 4.69) is 26.0 Å². The number of β-lactam (4-membered cyclic amide) rings is 1. The summed E-state index contributed by atoms with van der Waals surface area (Å²) in [6.07, 6.45) is 0.385. The Labute approximate surface area is 214 Å². The van der Waals surface area contributed by atoms with E-state index in [0.29, 0.717) is 17.7 Å². The Hall–Kier alpha value is -4.29. The van der Waals surface area contributed by atoms with Gasteiger partial charge in [-0.05, 0) is 31.2 Å². The minimum atomic E-state index is -4.75. The fourth-order valence-corrected chi connectivity index (χ4v) is 4.53. The van der Waals surface area contributed by atoms with Crippen molar-refractivity contribution in [3.63, 3.8) is 0 Å². The van der Waals surface area contributed by atoms with E-state index in [4.69, 9.17) is 25.6 Å². The molecule has 1 aromatic heterocycles. The number of benzene rings is 1. The van der Waals surface area contributed by atoms with E-state index in [1.165, 1.54) is 12.3 Å². The summed E-state index contributed by atoms with van der Waals surface area (Å²) in [7, 11) is -4.75. The number of hydrogen-bond donors (Lipinski definition) is 5. The molecule has 0 radical (unpaired) electrons. The van der Waals surface area contributed by atoms with Crippen LogP contribution >= 0.6 is 11.3 Å². The number of hydrogen-bond acceptors (Lipinski definition) is 12. The Bertz CT molecular complexity index is 1330. The molecule has 16 nitrogen and oxygen atoms in total. The van der Waals surface area contributed by atoms with E-state index in [-0.39, 0.29) is 39.9 Å². The number of thiazole rings is 1.